The summed E-state index contributed by atoms with van der Waals surface area (Å²) >= 11 is 5.87. The van der Waals surface area contributed by atoms with Gasteiger partial charge >= 0.3 is 0 Å². The second-order valence-electron chi connectivity index (χ2n) is 5.29. The Morgan fingerprint density at radius 2 is 2.12 bits per heavy atom. The van der Waals surface area contributed by atoms with Crippen LogP contribution in [0.3, 0.4) is 0 Å². The molecule has 1 amide bonds. The van der Waals surface area contributed by atoms with E-state index in [-0.39, 0.29) is 18.4 Å². The molecule has 24 heavy (non-hydrogen) atoms. The van der Waals surface area contributed by atoms with Crippen LogP contribution in [-0.4, -0.2) is 26.1 Å². The number of nitrogens with zero attached hydrogens (tertiary/aromatic N) is 3. The van der Waals surface area contributed by atoms with Crippen molar-refractivity contribution in [2.45, 2.75) is 25.8 Å². The minimum absolute atomic E-state index is 0.106. The summed E-state index contributed by atoms with van der Waals surface area (Å²) < 4.78 is 5.67. The summed E-state index contributed by atoms with van der Waals surface area (Å²) in [5.41, 5.74) is 0.890. The Balaban J connectivity index is 1.53. The molecular formula is C16H16ClN5O2. The molecule has 8 heteroatoms. The Bertz CT molecular complexity index is 798. The van der Waals surface area contributed by atoms with Crippen LogP contribution in [0.5, 0.6) is 0 Å². The van der Waals surface area contributed by atoms with E-state index in [1.165, 1.54) is 6.33 Å². The molecule has 0 unspecified atom stereocenters. The van der Waals surface area contributed by atoms with E-state index < -0.39 is 0 Å². The normalized spacial score (nSPS) is 12.1. The average molecular weight is 346 g/mol. The van der Waals surface area contributed by atoms with Gasteiger partial charge in [-0.1, -0.05) is 11.6 Å². The highest BCUT2D eigenvalue weighted by atomic mass is 35.5. The Morgan fingerprint density at radius 1 is 1.33 bits per heavy atom. The smallest absolute Gasteiger partial charge is 0.221 e. The predicted molar refractivity (Wildman–Crippen MR) is 88.2 cm³/mol. The first kappa shape index (κ1) is 16.2. The van der Waals surface area contributed by atoms with Crippen molar-refractivity contribution in [1.29, 1.82) is 0 Å². The van der Waals surface area contributed by atoms with E-state index in [4.69, 9.17) is 16.0 Å². The number of nitrogens with one attached hydrogen (secondary N) is 2. The monoisotopic (exact) mass is 345 g/mol. The number of aromatic nitrogens is 4. The standard InChI is InChI=1S/C16H16ClN5O2/c1-10(16-19-9-20-22-16)21-14(23)6-7-15-18-8-13(24-15)11-2-4-12(17)5-3-11/h2-5,8-10H,6-7H2,1H3,(H,21,23)(H,19,20,22)/t10-/m1/s1. The lowest BCUT2D eigenvalue weighted by Gasteiger charge is -2.10. The molecule has 1 atom stereocenters. The fraction of sp³-hybridized carbons (Fsp3) is 0.250. The Kier molecular flexibility index (Phi) is 4.90. The summed E-state index contributed by atoms with van der Waals surface area (Å²) in [7, 11) is 0. The summed E-state index contributed by atoms with van der Waals surface area (Å²) in [4.78, 5) is 20.2. The molecule has 0 fully saturated rings. The molecular weight excluding hydrogens is 330 g/mol. The van der Waals surface area contributed by atoms with Crippen LogP contribution in [0, 0.1) is 0 Å². The van der Waals surface area contributed by atoms with E-state index in [2.05, 4.69) is 25.5 Å². The van der Waals surface area contributed by atoms with Crippen LogP contribution >= 0.6 is 11.6 Å². The third-order valence-corrected chi connectivity index (χ3v) is 3.72. The van der Waals surface area contributed by atoms with Gasteiger partial charge in [-0.05, 0) is 31.2 Å². The molecule has 7 nitrogen and oxygen atoms in total. The number of carbonyl (C=O) groups is 1. The Hall–Kier alpha value is -2.67. The molecule has 0 radical (unpaired) electrons. The number of aromatic amines is 1. The first-order valence-corrected chi connectivity index (χ1v) is 7.85. The lowest BCUT2D eigenvalue weighted by Crippen LogP contribution is -2.27. The van der Waals surface area contributed by atoms with Crippen LogP contribution < -0.4 is 5.32 Å². The van der Waals surface area contributed by atoms with Gasteiger partial charge in [0.15, 0.2) is 11.7 Å². The lowest BCUT2D eigenvalue weighted by molar-refractivity contribution is -0.121. The maximum absolute atomic E-state index is 12.0. The molecule has 0 spiro atoms. The van der Waals surface area contributed by atoms with Gasteiger partial charge in [0.1, 0.15) is 12.2 Å². The first-order valence-electron chi connectivity index (χ1n) is 7.47. The van der Waals surface area contributed by atoms with Crippen molar-refractivity contribution < 1.29 is 9.21 Å². The number of rotatable bonds is 6. The van der Waals surface area contributed by atoms with Crippen LogP contribution in [0.25, 0.3) is 11.3 Å². The van der Waals surface area contributed by atoms with Crippen molar-refractivity contribution in [2.24, 2.45) is 0 Å². The van der Waals surface area contributed by atoms with Gasteiger partial charge in [-0.3, -0.25) is 9.89 Å². The van der Waals surface area contributed by atoms with Crippen LogP contribution in [0.1, 0.15) is 31.1 Å². The lowest BCUT2D eigenvalue weighted by atomic mass is 10.2. The molecule has 0 aliphatic heterocycles. The zero-order valence-electron chi connectivity index (χ0n) is 13.0. The highest BCUT2D eigenvalue weighted by molar-refractivity contribution is 6.30. The van der Waals surface area contributed by atoms with Crippen LogP contribution in [0.15, 0.2) is 41.2 Å². The number of aryl methyl sites for hydroxylation is 1. The fourth-order valence-corrected chi connectivity index (χ4v) is 2.33. The van der Waals surface area contributed by atoms with Gasteiger partial charge in [-0.15, -0.1) is 0 Å². The van der Waals surface area contributed by atoms with Crippen molar-refractivity contribution in [2.75, 3.05) is 0 Å². The van der Waals surface area contributed by atoms with Crippen molar-refractivity contribution in [3.8, 4) is 11.3 Å². The maximum Gasteiger partial charge on any atom is 0.221 e. The zero-order valence-corrected chi connectivity index (χ0v) is 13.7. The van der Waals surface area contributed by atoms with Gasteiger partial charge < -0.3 is 9.73 Å². The third kappa shape index (κ3) is 3.99. The molecule has 3 aromatic rings. The van der Waals surface area contributed by atoms with E-state index in [0.29, 0.717) is 28.9 Å². The van der Waals surface area contributed by atoms with Gasteiger partial charge in [-0.2, -0.15) is 5.10 Å². The summed E-state index contributed by atoms with van der Waals surface area (Å²) in [6.07, 6.45) is 3.75. The predicted octanol–water partition coefficient (Wildman–Crippen LogP) is 2.92. The molecule has 0 aliphatic rings. The second-order valence-corrected chi connectivity index (χ2v) is 5.72. The van der Waals surface area contributed by atoms with Gasteiger partial charge in [0.25, 0.3) is 0 Å². The topological polar surface area (TPSA) is 96.7 Å². The molecule has 0 saturated heterocycles. The number of amides is 1. The Labute approximate surface area is 143 Å². The van der Waals surface area contributed by atoms with E-state index in [1.807, 2.05) is 19.1 Å². The fourth-order valence-electron chi connectivity index (χ4n) is 2.20. The largest absolute Gasteiger partial charge is 0.441 e. The summed E-state index contributed by atoms with van der Waals surface area (Å²) in [6.45, 7) is 1.84. The zero-order chi connectivity index (χ0) is 16.9. The van der Waals surface area contributed by atoms with Gasteiger partial charge in [0, 0.05) is 23.4 Å². The van der Waals surface area contributed by atoms with Gasteiger partial charge in [0.2, 0.25) is 5.91 Å². The average Bonchev–Trinajstić information content (AvgIpc) is 3.25. The molecule has 2 heterocycles. The molecule has 124 valence electrons. The van der Waals surface area contributed by atoms with Crippen molar-refractivity contribution in [1.82, 2.24) is 25.5 Å². The van der Waals surface area contributed by atoms with E-state index in [0.717, 1.165) is 5.56 Å². The maximum atomic E-state index is 12.0. The summed E-state index contributed by atoms with van der Waals surface area (Å²) in [5, 5.41) is 9.99. The number of hydrogen-bond acceptors (Lipinski definition) is 5. The molecule has 0 saturated carbocycles. The minimum atomic E-state index is -0.228. The molecule has 2 aromatic heterocycles. The number of H-pyrrole nitrogens is 1. The number of halogens is 1. The molecule has 2 N–H and O–H groups in total. The van der Waals surface area contributed by atoms with Crippen molar-refractivity contribution >= 4 is 17.5 Å². The second kappa shape index (κ2) is 7.27. The van der Waals surface area contributed by atoms with Gasteiger partial charge in [-0.25, -0.2) is 9.97 Å². The van der Waals surface area contributed by atoms with Crippen molar-refractivity contribution in [3.05, 3.63) is 53.5 Å². The number of hydrogen-bond donors (Lipinski definition) is 2. The van der Waals surface area contributed by atoms with Crippen molar-refractivity contribution in [3.63, 3.8) is 0 Å². The van der Waals surface area contributed by atoms with E-state index >= 15 is 0 Å². The van der Waals surface area contributed by atoms with Crippen LogP contribution in [-0.2, 0) is 11.2 Å². The minimum Gasteiger partial charge on any atom is -0.441 e. The number of benzene rings is 1. The molecule has 0 aliphatic carbocycles. The van der Waals surface area contributed by atoms with E-state index in [1.54, 1.807) is 18.3 Å². The van der Waals surface area contributed by atoms with Crippen LogP contribution in [0.2, 0.25) is 5.02 Å². The first-order chi connectivity index (χ1) is 11.6. The number of carbonyl (C=O) groups excluding carboxylic acids is 1. The molecule has 1 aromatic carbocycles. The summed E-state index contributed by atoms with van der Waals surface area (Å²) in [6, 6.07) is 7.07. The molecule has 0 bridgehead atoms. The van der Waals surface area contributed by atoms with E-state index in [9.17, 15) is 4.79 Å². The number of oxazole rings is 1. The highest BCUT2D eigenvalue weighted by Crippen LogP contribution is 2.22. The highest BCUT2D eigenvalue weighted by Gasteiger charge is 2.13. The quantitative estimate of drug-likeness (QED) is 0.716. The van der Waals surface area contributed by atoms with Gasteiger partial charge in [0.05, 0.1) is 12.2 Å². The SMILES string of the molecule is C[C@@H](NC(=O)CCc1ncc(-c2ccc(Cl)cc2)o1)c1ncn[nH]1. The third-order valence-electron chi connectivity index (χ3n) is 3.47. The molecule has 3 rings (SSSR count). The van der Waals surface area contributed by atoms with Crippen LogP contribution in [0.4, 0.5) is 0 Å². The Morgan fingerprint density at radius 3 is 2.83 bits per heavy atom. The summed E-state index contributed by atoms with van der Waals surface area (Å²) in [5.74, 6) is 1.68.